The molecule has 0 N–H and O–H groups in total. The van der Waals surface area contributed by atoms with E-state index in [1.54, 1.807) is 52.1 Å². The molecule has 136 valence electrons. The van der Waals surface area contributed by atoms with Gasteiger partial charge in [0.25, 0.3) is 5.56 Å². The molecule has 7 heteroatoms. The van der Waals surface area contributed by atoms with Gasteiger partial charge in [-0.25, -0.2) is 0 Å². The molecule has 0 saturated carbocycles. The van der Waals surface area contributed by atoms with E-state index in [9.17, 15) is 9.36 Å². The highest BCUT2D eigenvalue weighted by Gasteiger charge is 2.28. The topological polar surface area (TPSA) is 57.5 Å². The molecule has 0 unspecified atom stereocenters. The lowest BCUT2D eigenvalue weighted by Gasteiger charge is -2.23. The Labute approximate surface area is 153 Å². The summed E-state index contributed by atoms with van der Waals surface area (Å²) in [6.07, 6.45) is 0.924. The number of benzene rings is 1. The second-order valence-corrected chi connectivity index (χ2v) is 8.66. The second-order valence-electron chi connectivity index (χ2n) is 6.29. The summed E-state index contributed by atoms with van der Waals surface area (Å²) < 4.78 is 25.3. The molecule has 5 nitrogen and oxygen atoms in total. The minimum atomic E-state index is -3.43. The van der Waals surface area contributed by atoms with Gasteiger partial charge in [0.05, 0.1) is 12.2 Å². The van der Waals surface area contributed by atoms with Gasteiger partial charge in [0.15, 0.2) is 0 Å². The first kappa shape index (κ1) is 19.9. The minimum Gasteiger partial charge on any atom is -0.305 e. The van der Waals surface area contributed by atoms with Gasteiger partial charge in [-0.2, -0.15) is 0 Å². The van der Waals surface area contributed by atoms with E-state index in [4.69, 9.17) is 20.6 Å². The fourth-order valence-electron chi connectivity index (χ4n) is 2.39. The van der Waals surface area contributed by atoms with Crippen molar-refractivity contribution in [2.45, 2.75) is 46.2 Å². The van der Waals surface area contributed by atoms with E-state index in [2.05, 4.69) is 0 Å². The number of pyridine rings is 1. The molecule has 2 aromatic rings. The summed E-state index contributed by atoms with van der Waals surface area (Å²) in [5, 5.41) is 0.599. The third-order valence-electron chi connectivity index (χ3n) is 3.22. The Hall–Kier alpha value is -1.39. The summed E-state index contributed by atoms with van der Waals surface area (Å²) in [5.74, 6) is 0. The lowest BCUT2D eigenvalue weighted by atomic mass is 10.1. The maximum Gasteiger partial charge on any atom is 0.350 e. The van der Waals surface area contributed by atoms with Gasteiger partial charge in [0, 0.05) is 17.3 Å². The maximum absolute atomic E-state index is 12.9. The molecule has 0 aliphatic heterocycles. The molecule has 0 bridgehead atoms. The molecule has 0 spiro atoms. The number of nitrogens with zero attached hydrogens (tertiary/aromatic N) is 1. The fraction of sp³-hybridized carbons (Fsp3) is 0.389. The van der Waals surface area contributed by atoms with E-state index in [0.29, 0.717) is 5.02 Å². The van der Waals surface area contributed by atoms with Crippen molar-refractivity contribution in [3.8, 4) is 11.1 Å². The third kappa shape index (κ3) is 5.82. The summed E-state index contributed by atoms with van der Waals surface area (Å²) in [6.45, 7) is 7.12. The van der Waals surface area contributed by atoms with Crippen molar-refractivity contribution < 1.29 is 13.6 Å². The van der Waals surface area contributed by atoms with Gasteiger partial charge < -0.3 is 13.6 Å². The summed E-state index contributed by atoms with van der Waals surface area (Å²) in [5.41, 5.74) is 1.31. The monoisotopic (exact) mass is 383 g/mol. The molecule has 1 heterocycles. The first-order chi connectivity index (χ1) is 11.7. The van der Waals surface area contributed by atoms with E-state index in [0.717, 1.165) is 11.1 Å². The van der Waals surface area contributed by atoms with E-state index >= 15 is 0 Å². The van der Waals surface area contributed by atoms with E-state index in [-0.39, 0.29) is 24.1 Å². The molecule has 0 aliphatic carbocycles. The predicted molar refractivity (Wildman–Crippen MR) is 101 cm³/mol. The predicted octanol–water partition coefficient (Wildman–Crippen LogP) is 5.17. The first-order valence-corrected chi connectivity index (χ1v) is 10.2. The lowest BCUT2D eigenvalue weighted by Crippen LogP contribution is -2.21. The van der Waals surface area contributed by atoms with Gasteiger partial charge >= 0.3 is 7.60 Å². The Morgan fingerprint density at radius 1 is 1.04 bits per heavy atom. The van der Waals surface area contributed by atoms with Crippen molar-refractivity contribution in [3.05, 3.63) is 58.0 Å². The number of halogens is 1. The number of rotatable bonds is 7. The van der Waals surface area contributed by atoms with Gasteiger partial charge in [0.2, 0.25) is 0 Å². The molecule has 0 amide bonds. The second kappa shape index (κ2) is 8.33. The van der Waals surface area contributed by atoms with Crippen molar-refractivity contribution in [3.63, 3.8) is 0 Å². The van der Waals surface area contributed by atoms with Crippen LogP contribution in [0, 0.1) is 0 Å². The van der Waals surface area contributed by atoms with Crippen molar-refractivity contribution >= 4 is 19.2 Å². The summed E-state index contributed by atoms with van der Waals surface area (Å²) in [4.78, 5) is 12.4. The Morgan fingerprint density at radius 3 is 2.16 bits per heavy atom. The Balaban J connectivity index is 2.30. The van der Waals surface area contributed by atoms with Gasteiger partial charge in [-0.05, 0) is 57.0 Å². The highest BCUT2D eigenvalue weighted by atomic mass is 35.5. The average Bonchev–Trinajstić information content (AvgIpc) is 2.47. The van der Waals surface area contributed by atoms with Crippen LogP contribution in [0.1, 0.15) is 27.7 Å². The summed E-state index contributed by atoms with van der Waals surface area (Å²) >= 11 is 6.00. The van der Waals surface area contributed by atoms with Crippen LogP contribution in [-0.2, 0) is 19.9 Å². The Kier molecular flexibility index (Phi) is 6.64. The van der Waals surface area contributed by atoms with Crippen LogP contribution in [0.25, 0.3) is 11.1 Å². The normalized spacial score (nSPS) is 12.1. The smallest absolute Gasteiger partial charge is 0.305 e. The SMILES string of the molecule is CC(C)OP(=O)(Cn1ccc(-c2cccc(Cl)c2)cc1=O)OC(C)C. The largest absolute Gasteiger partial charge is 0.350 e. The van der Waals surface area contributed by atoms with Gasteiger partial charge in [-0.1, -0.05) is 23.7 Å². The van der Waals surface area contributed by atoms with Crippen LogP contribution in [0.5, 0.6) is 0 Å². The molecule has 0 radical (unpaired) electrons. The van der Waals surface area contributed by atoms with Crippen molar-refractivity contribution in [2.75, 3.05) is 0 Å². The summed E-state index contributed by atoms with van der Waals surface area (Å²) in [7, 11) is -3.43. The molecule has 1 aromatic heterocycles. The van der Waals surface area contributed by atoms with Crippen LogP contribution in [0.3, 0.4) is 0 Å². The van der Waals surface area contributed by atoms with Gasteiger partial charge in [-0.3, -0.25) is 9.36 Å². The van der Waals surface area contributed by atoms with Crippen molar-refractivity contribution in [1.82, 2.24) is 4.57 Å². The van der Waals surface area contributed by atoms with Gasteiger partial charge in [0.1, 0.15) is 6.29 Å². The summed E-state index contributed by atoms with van der Waals surface area (Å²) in [6, 6.07) is 10.5. The van der Waals surface area contributed by atoms with Gasteiger partial charge in [-0.15, -0.1) is 0 Å². The number of aromatic nitrogens is 1. The van der Waals surface area contributed by atoms with Crippen LogP contribution in [0.15, 0.2) is 47.4 Å². The number of hydrogen-bond acceptors (Lipinski definition) is 4. The minimum absolute atomic E-state index is 0.127. The van der Waals surface area contributed by atoms with Crippen molar-refractivity contribution in [1.29, 1.82) is 0 Å². The first-order valence-electron chi connectivity index (χ1n) is 8.11. The highest BCUT2D eigenvalue weighted by molar-refractivity contribution is 7.52. The maximum atomic E-state index is 12.9. The molecule has 0 aliphatic rings. The molecular formula is C18H23ClNO4P. The molecule has 1 aromatic carbocycles. The molecular weight excluding hydrogens is 361 g/mol. The quantitative estimate of drug-likeness (QED) is 0.619. The molecule has 0 saturated heterocycles. The molecule has 2 rings (SSSR count). The number of hydrogen-bond donors (Lipinski definition) is 0. The zero-order valence-electron chi connectivity index (χ0n) is 14.8. The van der Waals surface area contributed by atoms with Crippen molar-refractivity contribution in [2.24, 2.45) is 0 Å². The Morgan fingerprint density at radius 2 is 1.64 bits per heavy atom. The zero-order chi connectivity index (χ0) is 18.6. The van der Waals surface area contributed by atoms with Crippen LogP contribution in [-0.4, -0.2) is 16.8 Å². The fourth-order valence-corrected chi connectivity index (χ4v) is 4.66. The lowest BCUT2D eigenvalue weighted by molar-refractivity contribution is 0.138. The highest BCUT2D eigenvalue weighted by Crippen LogP contribution is 2.51. The standard InChI is InChI=1S/C18H23ClNO4P/c1-13(2)23-25(22,24-14(3)4)12-20-9-8-16(11-18(20)21)15-6-5-7-17(19)10-15/h5-11,13-14H,12H2,1-4H3. The van der Waals surface area contributed by atoms with E-state index in [1.165, 1.54) is 10.6 Å². The van der Waals surface area contributed by atoms with Crippen LogP contribution in [0.2, 0.25) is 5.02 Å². The van der Waals surface area contributed by atoms with Crippen LogP contribution >= 0.6 is 19.2 Å². The zero-order valence-corrected chi connectivity index (χ0v) is 16.5. The van der Waals surface area contributed by atoms with Crippen LogP contribution < -0.4 is 5.56 Å². The molecule has 25 heavy (non-hydrogen) atoms. The third-order valence-corrected chi connectivity index (χ3v) is 5.59. The molecule has 0 fully saturated rings. The average molecular weight is 384 g/mol. The van der Waals surface area contributed by atoms with E-state index in [1.807, 2.05) is 12.1 Å². The van der Waals surface area contributed by atoms with E-state index < -0.39 is 7.60 Å². The van der Waals surface area contributed by atoms with Crippen LogP contribution in [0.4, 0.5) is 0 Å². The molecule has 0 atom stereocenters. The Bertz CT molecular complexity index is 818.